The Labute approximate surface area is 108 Å². The number of rotatable bonds is 7. The third-order valence-electron chi connectivity index (χ3n) is 1.64. The highest BCUT2D eigenvalue weighted by Crippen LogP contribution is 2.24. The van der Waals surface area contributed by atoms with E-state index in [1.165, 1.54) is 0 Å². The van der Waals surface area contributed by atoms with E-state index in [1.807, 2.05) is 18.2 Å². The molecule has 7 heteroatoms. The molecule has 1 aromatic heterocycles. The fourth-order valence-electron chi connectivity index (χ4n) is 0.951. The van der Waals surface area contributed by atoms with Gasteiger partial charge in [-0.2, -0.15) is 0 Å². The van der Waals surface area contributed by atoms with Crippen molar-refractivity contribution >= 4 is 27.7 Å². The average Bonchev–Trinajstić information content (AvgIpc) is 2.35. The van der Waals surface area contributed by atoms with Crippen molar-refractivity contribution in [3.05, 3.63) is 30.1 Å². The van der Waals surface area contributed by atoms with Crippen molar-refractivity contribution in [2.45, 2.75) is 5.75 Å². The molecule has 0 aliphatic rings. The number of nitrogens with one attached hydrogen (secondary N) is 2. The van der Waals surface area contributed by atoms with Crippen molar-refractivity contribution < 1.29 is 9.53 Å². The van der Waals surface area contributed by atoms with Crippen molar-refractivity contribution in [1.82, 2.24) is 15.8 Å². The highest BCUT2D eigenvalue weighted by atomic mass is 33.1. The number of carbonyl (C=O) groups is 1. The lowest BCUT2D eigenvalue weighted by atomic mass is 10.4. The highest BCUT2D eigenvalue weighted by molar-refractivity contribution is 8.76. The summed E-state index contributed by atoms with van der Waals surface area (Å²) in [6.45, 7) is 0.396. The van der Waals surface area contributed by atoms with Gasteiger partial charge in [-0.15, -0.1) is 0 Å². The van der Waals surface area contributed by atoms with E-state index in [2.05, 4.69) is 15.8 Å². The lowest BCUT2D eigenvalue weighted by Crippen LogP contribution is -2.34. The molecule has 5 nitrogen and oxygen atoms in total. The second-order valence-electron chi connectivity index (χ2n) is 2.92. The molecule has 0 radical (unpaired) electrons. The molecule has 0 aliphatic carbocycles. The van der Waals surface area contributed by atoms with Gasteiger partial charge < -0.3 is 4.74 Å². The van der Waals surface area contributed by atoms with Crippen LogP contribution < -0.4 is 10.9 Å². The first kappa shape index (κ1) is 14.1. The summed E-state index contributed by atoms with van der Waals surface area (Å²) in [5.41, 5.74) is 5.88. The van der Waals surface area contributed by atoms with Crippen LogP contribution in [-0.4, -0.2) is 30.5 Å². The Kier molecular flexibility index (Phi) is 7.61. The molecule has 0 bridgehead atoms. The van der Waals surface area contributed by atoms with Crippen molar-refractivity contribution in [2.75, 3.05) is 19.4 Å². The quantitative estimate of drug-likeness (QED) is 0.449. The Bertz CT molecular complexity index is 325. The molecular weight excluding hydrogens is 258 g/mol. The van der Waals surface area contributed by atoms with E-state index in [9.17, 15) is 4.79 Å². The Hall–Kier alpha value is -0.920. The number of carbonyl (C=O) groups excluding carboxylic acids is 1. The Balaban J connectivity index is 1.96. The fourth-order valence-corrected chi connectivity index (χ4v) is 2.76. The van der Waals surface area contributed by atoms with E-state index < -0.39 is 6.09 Å². The third kappa shape index (κ3) is 7.09. The van der Waals surface area contributed by atoms with Crippen LogP contribution in [-0.2, 0) is 10.5 Å². The SMILES string of the molecule is CNNC(=O)OCCSSCc1ccccn1. The Morgan fingerprint density at radius 1 is 1.47 bits per heavy atom. The predicted molar refractivity (Wildman–Crippen MR) is 71.5 cm³/mol. The molecular formula is C10H15N3O2S2. The van der Waals surface area contributed by atoms with Crippen LogP contribution in [0, 0.1) is 0 Å². The van der Waals surface area contributed by atoms with Crippen LogP contribution in [0.3, 0.4) is 0 Å². The number of hydrogen-bond acceptors (Lipinski definition) is 6. The average molecular weight is 273 g/mol. The summed E-state index contributed by atoms with van der Waals surface area (Å²) in [6.07, 6.45) is 1.33. The molecule has 0 atom stereocenters. The van der Waals surface area contributed by atoms with Crippen LogP contribution in [0.2, 0.25) is 0 Å². The number of amides is 1. The summed E-state index contributed by atoms with van der Waals surface area (Å²) in [5, 5.41) is 0. The van der Waals surface area contributed by atoms with Crippen molar-refractivity contribution in [2.24, 2.45) is 0 Å². The first-order chi connectivity index (χ1) is 8.33. The number of hydrogen-bond donors (Lipinski definition) is 2. The fraction of sp³-hybridized carbons (Fsp3) is 0.400. The minimum Gasteiger partial charge on any atom is -0.448 e. The van der Waals surface area contributed by atoms with Crippen LogP contribution >= 0.6 is 21.6 Å². The summed E-state index contributed by atoms with van der Waals surface area (Å²) in [7, 11) is 4.97. The van der Waals surface area contributed by atoms with Crippen LogP contribution in [0.15, 0.2) is 24.4 Å². The van der Waals surface area contributed by atoms with E-state index in [1.54, 1.807) is 34.8 Å². The van der Waals surface area contributed by atoms with E-state index in [0.29, 0.717) is 6.61 Å². The molecule has 1 aromatic rings. The topological polar surface area (TPSA) is 63.2 Å². The van der Waals surface area contributed by atoms with E-state index >= 15 is 0 Å². The molecule has 0 fully saturated rings. The number of ether oxygens (including phenoxy) is 1. The van der Waals surface area contributed by atoms with Crippen LogP contribution in [0.25, 0.3) is 0 Å². The molecule has 0 saturated heterocycles. The van der Waals surface area contributed by atoms with E-state index in [0.717, 1.165) is 17.2 Å². The molecule has 0 unspecified atom stereocenters. The smallest absolute Gasteiger partial charge is 0.421 e. The summed E-state index contributed by atoms with van der Waals surface area (Å²) in [6, 6.07) is 5.86. The molecule has 1 amide bonds. The van der Waals surface area contributed by atoms with Crippen molar-refractivity contribution in [3.8, 4) is 0 Å². The second-order valence-corrected chi connectivity index (χ2v) is 5.50. The van der Waals surface area contributed by atoms with Gasteiger partial charge >= 0.3 is 6.09 Å². The monoisotopic (exact) mass is 273 g/mol. The zero-order valence-corrected chi connectivity index (χ0v) is 11.1. The van der Waals surface area contributed by atoms with Gasteiger partial charge in [-0.05, 0) is 12.1 Å². The summed E-state index contributed by atoms with van der Waals surface area (Å²) >= 11 is 0. The molecule has 1 rings (SSSR count). The van der Waals surface area contributed by atoms with Crippen molar-refractivity contribution in [3.63, 3.8) is 0 Å². The van der Waals surface area contributed by atoms with Gasteiger partial charge in [0.1, 0.15) is 6.61 Å². The Morgan fingerprint density at radius 3 is 3.06 bits per heavy atom. The zero-order chi connectivity index (χ0) is 12.3. The molecule has 0 aromatic carbocycles. The van der Waals surface area contributed by atoms with Gasteiger partial charge in [0.15, 0.2) is 0 Å². The highest BCUT2D eigenvalue weighted by Gasteiger charge is 1.99. The van der Waals surface area contributed by atoms with Gasteiger partial charge in [0.05, 0.1) is 5.69 Å². The first-order valence-corrected chi connectivity index (χ1v) is 7.55. The standard InChI is InChI=1S/C10H15N3O2S2/c1-11-13-10(14)15-6-7-16-17-8-9-4-2-3-5-12-9/h2-5,11H,6-8H2,1H3,(H,13,14). The zero-order valence-electron chi connectivity index (χ0n) is 9.51. The van der Waals surface area contributed by atoms with Gasteiger partial charge in [0.25, 0.3) is 0 Å². The first-order valence-electron chi connectivity index (χ1n) is 5.06. The maximum Gasteiger partial charge on any atom is 0.421 e. The van der Waals surface area contributed by atoms with Gasteiger partial charge in [0, 0.05) is 24.8 Å². The molecule has 0 saturated carbocycles. The van der Waals surface area contributed by atoms with Crippen LogP contribution in [0.5, 0.6) is 0 Å². The van der Waals surface area contributed by atoms with Crippen LogP contribution in [0.1, 0.15) is 5.69 Å². The minimum atomic E-state index is -0.456. The number of nitrogens with zero attached hydrogens (tertiary/aromatic N) is 1. The maximum absolute atomic E-state index is 10.9. The maximum atomic E-state index is 10.9. The summed E-state index contributed by atoms with van der Waals surface area (Å²) in [4.78, 5) is 15.1. The molecule has 17 heavy (non-hydrogen) atoms. The molecule has 0 aliphatic heterocycles. The van der Waals surface area contributed by atoms with Gasteiger partial charge in [-0.1, -0.05) is 27.7 Å². The van der Waals surface area contributed by atoms with Crippen molar-refractivity contribution in [1.29, 1.82) is 0 Å². The molecule has 0 spiro atoms. The van der Waals surface area contributed by atoms with Gasteiger partial charge in [-0.25, -0.2) is 10.2 Å². The normalized spacial score (nSPS) is 9.94. The van der Waals surface area contributed by atoms with Gasteiger partial charge in [0.2, 0.25) is 0 Å². The number of aromatic nitrogens is 1. The predicted octanol–water partition coefficient (Wildman–Crippen LogP) is 1.82. The summed E-state index contributed by atoms with van der Waals surface area (Å²) in [5.74, 6) is 1.61. The third-order valence-corrected chi connectivity index (χ3v) is 3.91. The second kappa shape index (κ2) is 9.15. The minimum absolute atomic E-state index is 0.396. The van der Waals surface area contributed by atoms with Gasteiger partial charge in [-0.3, -0.25) is 10.4 Å². The largest absolute Gasteiger partial charge is 0.448 e. The molecule has 1 heterocycles. The lowest BCUT2D eigenvalue weighted by Gasteiger charge is -2.04. The number of hydrazine groups is 1. The lowest BCUT2D eigenvalue weighted by molar-refractivity contribution is 0.149. The van der Waals surface area contributed by atoms with Crippen LogP contribution in [0.4, 0.5) is 4.79 Å². The van der Waals surface area contributed by atoms with E-state index in [-0.39, 0.29) is 0 Å². The Morgan fingerprint density at radius 2 is 2.35 bits per heavy atom. The molecule has 2 N–H and O–H groups in total. The molecule has 94 valence electrons. The van der Waals surface area contributed by atoms with E-state index in [4.69, 9.17) is 4.74 Å². The number of pyridine rings is 1. The summed E-state index contributed by atoms with van der Waals surface area (Å²) < 4.78 is 4.87.